The van der Waals surface area contributed by atoms with Gasteiger partial charge in [0.2, 0.25) is 0 Å². The molecule has 1 N–H and O–H groups in total. The Bertz CT molecular complexity index is 605. The van der Waals surface area contributed by atoms with E-state index in [-0.39, 0.29) is 11.7 Å². The molecule has 0 aliphatic heterocycles. The van der Waals surface area contributed by atoms with E-state index in [2.05, 4.69) is 10.3 Å². The number of nitro groups is 1. The standard InChI is InChI=1S/C14H14FN3O2/c1-10(12-3-2-4-16-9-12)17-8-11-5-13(15)7-14(6-11)18(19)20/h2-7,9-10,17H,8H2,1H3/t10-/m1/s1. The second kappa shape index (κ2) is 6.21. The fraction of sp³-hybridized carbons (Fsp3) is 0.214. The maximum atomic E-state index is 13.3. The Hall–Kier alpha value is -2.34. The van der Waals surface area contributed by atoms with E-state index in [1.807, 2.05) is 19.1 Å². The van der Waals surface area contributed by atoms with E-state index in [0.717, 1.165) is 11.6 Å². The van der Waals surface area contributed by atoms with Crippen LogP contribution in [0.4, 0.5) is 10.1 Å². The van der Waals surface area contributed by atoms with E-state index in [9.17, 15) is 14.5 Å². The van der Waals surface area contributed by atoms with Crippen LogP contribution in [0.25, 0.3) is 0 Å². The summed E-state index contributed by atoms with van der Waals surface area (Å²) in [7, 11) is 0. The maximum absolute atomic E-state index is 13.3. The lowest BCUT2D eigenvalue weighted by atomic mass is 10.1. The van der Waals surface area contributed by atoms with E-state index in [1.54, 1.807) is 12.4 Å². The summed E-state index contributed by atoms with van der Waals surface area (Å²) in [4.78, 5) is 14.1. The van der Waals surface area contributed by atoms with Gasteiger partial charge in [-0.1, -0.05) is 6.07 Å². The Labute approximate surface area is 115 Å². The van der Waals surface area contributed by atoms with Crippen molar-refractivity contribution in [1.29, 1.82) is 0 Å². The van der Waals surface area contributed by atoms with Crippen LogP contribution >= 0.6 is 0 Å². The molecular formula is C14H14FN3O2. The van der Waals surface area contributed by atoms with Crippen LogP contribution in [0.3, 0.4) is 0 Å². The Morgan fingerprint density at radius 2 is 2.25 bits per heavy atom. The fourth-order valence-corrected chi connectivity index (χ4v) is 1.86. The van der Waals surface area contributed by atoms with Gasteiger partial charge in [-0.25, -0.2) is 4.39 Å². The van der Waals surface area contributed by atoms with Gasteiger partial charge in [0.15, 0.2) is 0 Å². The van der Waals surface area contributed by atoms with Crippen LogP contribution in [0, 0.1) is 15.9 Å². The molecule has 0 fully saturated rings. The molecule has 5 nitrogen and oxygen atoms in total. The lowest BCUT2D eigenvalue weighted by molar-refractivity contribution is -0.385. The van der Waals surface area contributed by atoms with Crippen LogP contribution in [-0.4, -0.2) is 9.91 Å². The van der Waals surface area contributed by atoms with Gasteiger partial charge >= 0.3 is 0 Å². The van der Waals surface area contributed by atoms with Gasteiger partial charge in [-0.2, -0.15) is 0 Å². The van der Waals surface area contributed by atoms with Crippen molar-refractivity contribution < 1.29 is 9.31 Å². The number of nitrogens with one attached hydrogen (secondary N) is 1. The maximum Gasteiger partial charge on any atom is 0.272 e. The number of hydrogen-bond acceptors (Lipinski definition) is 4. The Kier molecular flexibility index (Phi) is 4.37. The predicted molar refractivity (Wildman–Crippen MR) is 72.5 cm³/mol. The summed E-state index contributed by atoms with van der Waals surface area (Å²) in [5, 5.41) is 13.9. The minimum absolute atomic E-state index is 0.0195. The van der Waals surface area contributed by atoms with Crippen LogP contribution in [0.5, 0.6) is 0 Å². The van der Waals surface area contributed by atoms with Crippen molar-refractivity contribution in [3.63, 3.8) is 0 Å². The first-order chi connectivity index (χ1) is 9.56. The molecule has 104 valence electrons. The first-order valence-electron chi connectivity index (χ1n) is 6.13. The summed E-state index contributed by atoms with van der Waals surface area (Å²) in [6.45, 7) is 2.29. The second-order valence-corrected chi connectivity index (χ2v) is 4.46. The van der Waals surface area contributed by atoms with Crippen LogP contribution in [-0.2, 0) is 6.54 Å². The summed E-state index contributed by atoms with van der Waals surface area (Å²) in [5.74, 6) is -0.606. The van der Waals surface area contributed by atoms with Gasteiger partial charge in [-0.15, -0.1) is 0 Å². The van der Waals surface area contributed by atoms with Crippen molar-refractivity contribution in [1.82, 2.24) is 10.3 Å². The summed E-state index contributed by atoms with van der Waals surface area (Å²) in [6, 6.07) is 7.35. The SMILES string of the molecule is C[C@@H](NCc1cc(F)cc([N+](=O)[O-])c1)c1cccnc1. The summed E-state index contributed by atoms with van der Waals surface area (Å²) >= 11 is 0. The van der Waals surface area contributed by atoms with Gasteiger partial charge in [-0.3, -0.25) is 15.1 Å². The molecule has 0 spiro atoms. The number of benzene rings is 1. The molecule has 20 heavy (non-hydrogen) atoms. The molecule has 0 amide bonds. The number of non-ortho nitro benzene ring substituents is 1. The average molecular weight is 275 g/mol. The smallest absolute Gasteiger partial charge is 0.272 e. The summed E-state index contributed by atoms with van der Waals surface area (Å²) in [5.41, 5.74) is 1.29. The van der Waals surface area contributed by atoms with Crippen LogP contribution < -0.4 is 5.32 Å². The van der Waals surface area contributed by atoms with Gasteiger partial charge in [0.05, 0.1) is 11.0 Å². The number of pyridine rings is 1. The van der Waals surface area contributed by atoms with Crippen LogP contribution in [0.2, 0.25) is 0 Å². The van der Waals surface area contributed by atoms with Gasteiger partial charge in [0.1, 0.15) is 5.82 Å². The van der Waals surface area contributed by atoms with Crippen molar-refractivity contribution >= 4 is 5.69 Å². The zero-order valence-corrected chi connectivity index (χ0v) is 10.9. The number of halogens is 1. The van der Waals surface area contributed by atoms with Gasteiger partial charge in [0, 0.05) is 31.0 Å². The average Bonchev–Trinajstić information content (AvgIpc) is 2.45. The van der Waals surface area contributed by atoms with E-state index >= 15 is 0 Å². The number of rotatable bonds is 5. The summed E-state index contributed by atoms with van der Waals surface area (Å²) < 4.78 is 13.3. The van der Waals surface area contributed by atoms with Crippen LogP contribution in [0.15, 0.2) is 42.7 Å². The largest absolute Gasteiger partial charge is 0.306 e. The molecule has 0 bridgehead atoms. The van der Waals surface area contributed by atoms with Crippen molar-refractivity contribution in [2.24, 2.45) is 0 Å². The lowest BCUT2D eigenvalue weighted by Crippen LogP contribution is -2.18. The highest BCUT2D eigenvalue weighted by atomic mass is 19.1. The Balaban J connectivity index is 2.06. The molecule has 0 saturated heterocycles. The van der Waals surface area contributed by atoms with Crippen molar-refractivity contribution in [3.05, 3.63) is 69.8 Å². The molecular weight excluding hydrogens is 261 g/mol. The first kappa shape index (κ1) is 14.1. The first-order valence-corrected chi connectivity index (χ1v) is 6.13. The molecule has 2 aromatic rings. The highest BCUT2D eigenvalue weighted by Crippen LogP contribution is 2.17. The molecule has 1 atom stereocenters. The van der Waals surface area contributed by atoms with Gasteiger partial charge in [-0.05, 0) is 30.2 Å². The number of nitro benzene ring substituents is 1. The third-order valence-corrected chi connectivity index (χ3v) is 2.95. The topological polar surface area (TPSA) is 68.1 Å². The summed E-state index contributed by atoms with van der Waals surface area (Å²) in [6.07, 6.45) is 3.43. The zero-order valence-electron chi connectivity index (χ0n) is 10.9. The third kappa shape index (κ3) is 3.58. The minimum atomic E-state index is -0.606. The number of nitrogens with zero attached hydrogens (tertiary/aromatic N) is 2. The van der Waals surface area contributed by atoms with Gasteiger partial charge in [0.25, 0.3) is 5.69 Å². The Morgan fingerprint density at radius 1 is 1.45 bits per heavy atom. The van der Waals surface area contributed by atoms with E-state index in [0.29, 0.717) is 12.1 Å². The molecule has 0 radical (unpaired) electrons. The molecule has 0 unspecified atom stereocenters. The van der Waals surface area contributed by atoms with E-state index in [1.165, 1.54) is 12.1 Å². The molecule has 1 heterocycles. The fourth-order valence-electron chi connectivity index (χ4n) is 1.86. The van der Waals surface area contributed by atoms with Crippen molar-refractivity contribution in [2.75, 3.05) is 0 Å². The van der Waals surface area contributed by atoms with Crippen molar-refractivity contribution in [2.45, 2.75) is 19.5 Å². The normalized spacial score (nSPS) is 12.1. The third-order valence-electron chi connectivity index (χ3n) is 2.95. The quantitative estimate of drug-likeness (QED) is 0.672. The molecule has 0 aliphatic rings. The molecule has 1 aromatic heterocycles. The Morgan fingerprint density at radius 3 is 2.90 bits per heavy atom. The highest BCUT2D eigenvalue weighted by molar-refractivity contribution is 5.35. The monoisotopic (exact) mass is 275 g/mol. The molecule has 2 rings (SSSR count). The molecule has 0 aliphatic carbocycles. The number of aromatic nitrogens is 1. The molecule has 1 aromatic carbocycles. The number of hydrogen-bond donors (Lipinski definition) is 1. The van der Waals surface area contributed by atoms with Crippen molar-refractivity contribution in [3.8, 4) is 0 Å². The highest BCUT2D eigenvalue weighted by Gasteiger charge is 2.11. The second-order valence-electron chi connectivity index (χ2n) is 4.46. The van der Waals surface area contributed by atoms with E-state index in [4.69, 9.17) is 0 Å². The van der Waals surface area contributed by atoms with Crippen LogP contribution in [0.1, 0.15) is 24.1 Å². The lowest BCUT2D eigenvalue weighted by Gasteiger charge is -2.13. The molecule has 6 heteroatoms. The molecule has 0 saturated carbocycles. The van der Waals surface area contributed by atoms with E-state index < -0.39 is 10.7 Å². The minimum Gasteiger partial charge on any atom is -0.306 e. The zero-order chi connectivity index (χ0) is 14.5. The predicted octanol–water partition coefficient (Wildman–Crippen LogP) is 2.98. The van der Waals surface area contributed by atoms with Gasteiger partial charge < -0.3 is 5.32 Å².